The highest BCUT2D eigenvalue weighted by molar-refractivity contribution is 7.89. The van der Waals surface area contributed by atoms with Gasteiger partial charge in [-0.3, -0.25) is 0 Å². The molecule has 1 aliphatic carbocycles. The molecule has 0 saturated heterocycles. The minimum Gasteiger partial charge on any atom is -0.495 e. The van der Waals surface area contributed by atoms with Crippen molar-refractivity contribution in [2.24, 2.45) is 11.7 Å². The largest absolute Gasteiger partial charge is 0.495 e. The lowest BCUT2D eigenvalue weighted by Crippen LogP contribution is -2.44. The van der Waals surface area contributed by atoms with E-state index in [0.29, 0.717) is 5.75 Å². The maximum Gasteiger partial charge on any atom is 0.242 e. The topological polar surface area (TPSA) is 81.4 Å². The second-order valence-corrected chi connectivity index (χ2v) is 7.92. The first-order valence-corrected chi connectivity index (χ1v) is 9.38. The first-order valence-electron chi connectivity index (χ1n) is 7.14. The van der Waals surface area contributed by atoms with Crippen LogP contribution in [-0.2, 0) is 10.0 Å². The molecule has 5 nitrogen and oxygen atoms in total. The van der Waals surface area contributed by atoms with Crippen molar-refractivity contribution in [1.82, 2.24) is 4.72 Å². The molecule has 124 valence electrons. The molecule has 1 atom stereocenters. The lowest BCUT2D eigenvalue weighted by molar-refractivity contribution is 0.405. The summed E-state index contributed by atoms with van der Waals surface area (Å²) in [6.07, 6.45) is 4.19. The molecule has 3 N–H and O–H groups in total. The number of halogens is 2. The van der Waals surface area contributed by atoms with Crippen LogP contribution in [0.2, 0.25) is 10.0 Å². The van der Waals surface area contributed by atoms with E-state index in [0.717, 1.165) is 25.7 Å². The van der Waals surface area contributed by atoms with Crippen LogP contribution in [0.25, 0.3) is 0 Å². The average Bonchev–Trinajstić information content (AvgIpc) is 3.00. The highest BCUT2D eigenvalue weighted by atomic mass is 35.5. The Labute approximate surface area is 141 Å². The molecule has 1 saturated carbocycles. The van der Waals surface area contributed by atoms with Crippen LogP contribution < -0.4 is 15.2 Å². The predicted molar refractivity (Wildman–Crippen MR) is 88.1 cm³/mol. The SMILES string of the molecule is COc1cc(Cl)c(S(=O)(=O)NC(CN)C2CCCC2)cc1Cl. The molecule has 22 heavy (non-hydrogen) atoms. The second kappa shape index (κ2) is 7.36. The van der Waals surface area contributed by atoms with Gasteiger partial charge in [-0.25, -0.2) is 13.1 Å². The van der Waals surface area contributed by atoms with E-state index in [9.17, 15) is 8.42 Å². The van der Waals surface area contributed by atoms with E-state index in [2.05, 4.69) is 4.72 Å². The van der Waals surface area contributed by atoms with Gasteiger partial charge in [-0.05, 0) is 24.8 Å². The molecule has 1 fully saturated rings. The van der Waals surface area contributed by atoms with E-state index in [-0.39, 0.29) is 33.4 Å². The quantitative estimate of drug-likeness (QED) is 0.810. The van der Waals surface area contributed by atoms with Gasteiger partial charge in [0.05, 0.1) is 17.2 Å². The number of sulfonamides is 1. The highest BCUT2D eigenvalue weighted by Crippen LogP contribution is 2.34. The van der Waals surface area contributed by atoms with Crippen molar-refractivity contribution < 1.29 is 13.2 Å². The average molecular weight is 367 g/mol. The maximum absolute atomic E-state index is 12.6. The van der Waals surface area contributed by atoms with Crippen molar-refractivity contribution in [3.8, 4) is 5.75 Å². The van der Waals surface area contributed by atoms with E-state index in [1.807, 2.05) is 0 Å². The minimum absolute atomic E-state index is 0.0589. The molecule has 0 aromatic heterocycles. The summed E-state index contributed by atoms with van der Waals surface area (Å²) in [6.45, 7) is 0.255. The molecular formula is C14H20Cl2N2O3S. The number of ether oxygens (including phenoxy) is 1. The van der Waals surface area contributed by atoms with Gasteiger partial charge >= 0.3 is 0 Å². The van der Waals surface area contributed by atoms with Gasteiger partial charge in [0.25, 0.3) is 0 Å². The first-order chi connectivity index (χ1) is 10.4. The molecule has 1 unspecified atom stereocenters. The van der Waals surface area contributed by atoms with Gasteiger partial charge in [-0.1, -0.05) is 36.0 Å². The van der Waals surface area contributed by atoms with Crippen molar-refractivity contribution in [3.05, 3.63) is 22.2 Å². The Morgan fingerprint density at radius 3 is 2.50 bits per heavy atom. The minimum atomic E-state index is -3.79. The summed E-state index contributed by atoms with van der Waals surface area (Å²) in [5, 5.41) is 0.258. The predicted octanol–water partition coefficient (Wildman–Crippen LogP) is 2.80. The molecule has 1 aromatic rings. The fraction of sp³-hybridized carbons (Fsp3) is 0.571. The van der Waals surface area contributed by atoms with Crippen LogP contribution >= 0.6 is 23.2 Å². The van der Waals surface area contributed by atoms with E-state index >= 15 is 0 Å². The Balaban J connectivity index is 2.27. The van der Waals surface area contributed by atoms with E-state index in [4.69, 9.17) is 33.7 Å². The Morgan fingerprint density at radius 1 is 1.32 bits per heavy atom. The number of hydrogen-bond donors (Lipinski definition) is 2. The van der Waals surface area contributed by atoms with Crippen LogP contribution in [0.15, 0.2) is 17.0 Å². The van der Waals surface area contributed by atoms with Gasteiger partial charge in [0.1, 0.15) is 10.6 Å². The van der Waals surface area contributed by atoms with Crippen LogP contribution in [-0.4, -0.2) is 28.1 Å². The fourth-order valence-corrected chi connectivity index (χ4v) is 5.00. The fourth-order valence-electron chi connectivity index (χ4n) is 2.83. The van der Waals surface area contributed by atoms with Crippen molar-refractivity contribution >= 4 is 33.2 Å². The smallest absolute Gasteiger partial charge is 0.242 e. The summed E-state index contributed by atoms with van der Waals surface area (Å²) < 4.78 is 32.9. The van der Waals surface area contributed by atoms with Crippen molar-refractivity contribution in [1.29, 1.82) is 0 Å². The molecule has 0 amide bonds. The summed E-state index contributed by atoms with van der Waals surface area (Å²) in [4.78, 5) is -0.0589. The Kier molecular flexibility index (Phi) is 5.96. The number of hydrogen-bond acceptors (Lipinski definition) is 4. The van der Waals surface area contributed by atoms with Crippen molar-refractivity contribution in [2.75, 3.05) is 13.7 Å². The molecular weight excluding hydrogens is 347 g/mol. The summed E-state index contributed by atoms with van der Waals surface area (Å²) in [6, 6.07) is 2.41. The molecule has 0 radical (unpaired) electrons. The number of benzene rings is 1. The standard InChI is InChI=1S/C14H20Cl2N2O3S/c1-21-13-6-11(16)14(7-10(13)15)22(19,20)18-12(8-17)9-4-2-3-5-9/h6-7,9,12,18H,2-5,8,17H2,1H3. The maximum atomic E-state index is 12.6. The molecule has 0 spiro atoms. The third-order valence-electron chi connectivity index (χ3n) is 4.03. The first kappa shape index (κ1) is 17.8. The normalized spacial score (nSPS) is 17.6. The van der Waals surface area contributed by atoms with Crippen molar-refractivity contribution in [2.45, 2.75) is 36.6 Å². The van der Waals surface area contributed by atoms with Gasteiger partial charge in [0.15, 0.2) is 0 Å². The van der Waals surface area contributed by atoms with Gasteiger partial charge in [0.2, 0.25) is 10.0 Å². The third-order valence-corrected chi connectivity index (χ3v) is 6.28. The summed E-state index contributed by atoms with van der Waals surface area (Å²) >= 11 is 12.1. The molecule has 2 rings (SSSR count). The van der Waals surface area contributed by atoms with Crippen LogP contribution in [0, 0.1) is 5.92 Å². The monoisotopic (exact) mass is 366 g/mol. The zero-order valence-corrected chi connectivity index (χ0v) is 14.6. The van der Waals surface area contributed by atoms with Gasteiger partial charge in [0, 0.05) is 18.7 Å². The number of nitrogens with two attached hydrogens (primary N) is 1. The molecule has 0 aliphatic heterocycles. The van der Waals surface area contributed by atoms with E-state index in [1.54, 1.807) is 0 Å². The Morgan fingerprint density at radius 2 is 1.95 bits per heavy atom. The summed E-state index contributed by atoms with van der Waals surface area (Å²) in [5.74, 6) is 0.601. The van der Waals surface area contributed by atoms with E-state index in [1.165, 1.54) is 19.2 Å². The van der Waals surface area contributed by atoms with E-state index < -0.39 is 10.0 Å². The molecule has 0 bridgehead atoms. The van der Waals surface area contributed by atoms with Crippen LogP contribution in [0.3, 0.4) is 0 Å². The number of rotatable bonds is 6. The zero-order valence-electron chi connectivity index (χ0n) is 12.3. The highest BCUT2D eigenvalue weighted by Gasteiger charge is 2.29. The molecule has 0 heterocycles. The second-order valence-electron chi connectivity index (χ2n) is 5.43. The number of methoxy groups -OCH3 is 1. The van der Waals surface area contributed by atoms with Gasteiger partial charge < -0.3 is 10.5 Å². The van der Waals surface area contributed by atoms with Crippen LogP contribution in [0.4, 0.5) is 0 Å². The number of nitrogens with one attached hydrogen (secondary N) is 1. The molecule has 8 heteroatoms. The molecule has 1 aliphatic rings. The Bertz CT molecular complexity index is 631. The van der Waals surface area contributed by atoms with Crippen molar-refractivity contribution in [3.63, 3.8) is 0 Å². The van der Waals surface area contributed by atoms with Crippen LogP contribution in [0.1, 0.15) is 25.7 Å². The zero-order chi connectivity index (χ0) is 16.3. The third kappa shape index (κ3) is 3.86. The summed E-state index contributed by atoms with van der Waals surface area (Å²) in [7, 11) is -2.35. The lowest BCUT2D eigenvalue weighted by Gasteiger charge is -2.23. The van der Waals surface area contributed by atoms with Gasteiger partial charge in [-0.15, -0.1) is 0 Å². The lowest BCUT2D eigenvalue weighted by atomic mass is 9.99. The van der Waals surface area contributed by atoms with Crippen LogP contribution in [0.5, 0.6) is 5.75 Å². The Hall–Kier alpha value is -0.530. The molecule has 1 aromatic carbocycles. The van der Waals surface area contributed by atoms with Gasteiger partial charge in [-0.2, -0.15) is 0 Å². The summed E-state index contributed by atoms with van der Waals surface area (Å²) in [5.41, 5.74) is 5.75.